The maximum Gasteiger partial charge on any atom is 0.330 e. The van der Waals surface area contributed by atoms with Crippen molar-refractivity contribution in [2.45, 2.75) is 18.4 Å². The molecular formula is C13H13ClFNO3S. The van der Waals surface area contributed by atoms with E-state index in [0.29, 0.717) is 23.5 Å². The number of amides is 1. The normalized spacial score (nSPS) is 21.7. The van der Waals surface area contributed by atoms with Gasteiger partial charge in [0, 0.05) is 5.75 Å². The molecule has 2 rings (SSSR count). The van der Waals surface area contributed by atoms with E-state index in [-0.39, 0.29) is 11.4 Å². The summed E-state index contributed by atoms with van der Waals surface area (Å²) < 4.78 is 13.3. The molecule has 1 amide bonds. The standard InChI is InChI=1S/C13H13ClFNO3S/c14-9-2-1-8(5-10(9)15)6-11(17)16-13(12(18)19)3-4-20-7-13/h1-2,5H,3-4,6-7H2,(H,16,17)(H,18,19). The van der Waals surface area contributed by atoms with Crippen molar-refractivity contribution in [3.63, 3.8) is 0 Å². The number of aliphatic carboxylic acids is 1. The third-order valence-corrected chi connectivity index (χ3v) is 4.65. The Morgan fingerprint density at radius 3 is 2.80 bits per heavy atom. The van der Waals surface area contributed by atoms with Crippen molar-refractivity contribution in [2.75, 3.05) is 11.5 Å². The molecular weight excluding hydrogens is 305 g/mol. The monoisotopic (exact) mass is 317 g/mol. The third-order valence-electron chi connectivity index (χ3n) is 3.16. The average molecular weight is 318 g/mol. The molecule has 0 saturated carbocycles. The molecule has 7 heteroatoms. The number of carboxylic acid groups (broad SMARTS) is 1. The van der Waals surface area contributed by atoms with E-state index in [0.717, 1.165) is 0 Å². The first-order valence-electron chi connectivity index (χ1n) is 5.99. The van der Waals surface area contributed by atoms with Gasteiger partial charge in [0.1, 0.15) is 11.4 Å². The lowest BCUT2D eigenvalue weighted by atomic mass is 9.98. The van der Waals surface area contributed by atoms with Crippen molar-refractivity contribution in [3.05, 3.63) is 34.6 Å². The second kappa shape index (κ2) is 6.01. The van der Waals surface area contributed by atoms with Gasteiger partial charge in [-0.3, -0.25) is 4.79 Å². The lowest BCUT2D eigenvalue weighted by Crippen LogP contribution is -2.55. The van der Waals surface area contributed by atoms with Crippen LogP contribution in [0.3, 0.4) is 0 Å². The zero-order chi connectivity index (χ0) is 14.8. The summed E-state index contributed by atoms with van der Waals surface area (Å²) in [6.45, 7) is 0. The number of thioether (sulfide) groups is 1. The minimum absolute atomic E-state index is 0.0108. The molecule has 1 fully saturated rings. The Labute approximate surface area is 124 Å². The quantitative estimate of drug-likeness (QED) is 0.892. The lowest BCUT2D eigenvalue weighted by Gasteiger charge is -2.24. The fourth-order valence-electron chi connectivity index (χ4n) is 2.03. The van der Waals surface area contributed by atoms with Gasteiger partial charge in [0.15, 0.2) is 0 Å². The van der Waals surface area contributed by atoms with Crippen LogP contribution in [0.5, 0.6) is 0 Å². The Morgan fingerprint density at radius 1 is 1.50 bits per heavy atom. The van der Waals surface area contributed by atoms with Gasteiger partial charge in [0.25, 0.3) is 0 Å². The molecule has 1 atom stereocenters. The van der Waals surface area contributed by atoms with E-state index in [4.69, 9.17) is 11.6 Å². The van der Waals surface area contributed by atoms with Crippen molar-refractivity contribution in [2.24, 2.45) is 0 Å². The third kappa shape index (κ3) is 3.24. The Balaban J connectivity index is 2.04. The minimum Gasteiger partial charge on any atom is -0.479 e. The molecule has 0 aromatic heterocycles. The lowest BCUT2D eigenvalue weighted by molar-refractivity contribution is -0.146. The average Bonchev–Trinajstić information content (AvgIpc) is 2.83. The summed E-state index contributed by atoms with van der Waals surface area (Å²) in [5, 5.41) is 11.8. The number of carboxylic acids is 1. The zero-order valence-corrected chi connectivity index (χ0v) is 12.1. The van der Waals surface area contributed by atoms with E-state index in [1.54, 1.807) is 6.07 Å². The molecule has 108 valence electrons. The summed E-state index contributed by atoms with van der Waals surface area (Å²) >= 11 is 7.05. The van der Waals surface area contributed by atoms with Crippen LogP contribution >= 0.6 is 23.4 Å². The molecule has 20 heavy (non-hydrogen) atoms. The highest BCUT2D eigenvalue weighted by molar-refractivity contribution is 7.99. The van der Waals surface area contributed by atoms with Crippen LogP contribution in [0.1, 0.15) is 12.0 Å². The summed E-state index contributed by atoms with van der Waals surface area (Å²) in [6, 6.07) is 4.10. The van der Waals surface area contributed by atoms with Gasteiger partial charge in [-0.2, -0.15) is 11.8 Å². The Morgan fingerprint density at radius 2 is 2.25 bits per heavy atom. The van der Waals surface area contributed by atoms with Crippen molar-refractivity contribution < 1.29 is 19.1 Å². The first-order valence-corrected chi connectivity index (χ1v) is 7.52. The zero-order valence-electron chi connectivity index (χ0n) is 10.5. The summed E-state index contributed by atoms with van der Waals surface area (Å²) in [4.78, 5) is 23.2. The number of hydrogen-bond donors (Lipinski definition) is 2. The van der Waals surface area contributed by atoms with Crippen LogP contribution < -0.4 is 5.32 Å². The topological polar surface area (TPSA) is 66.4 Å². The first kappa shape index (κ1) is 15.1. The molecule has 0 bridgehead atoms. The Bertz CT molecular complexity index is 546. The molecule has 1 aliphatic heterocycles. The van der Waals surface area contributed by atoms with Crippen molar-refractivity contribution >= 4 is 35.2 Å². The Hall–Kier alpha value is -1.27. The number of carbonyl (C=O) groups excluding carboxylic acids is 1. The summed E-state index contributed by atoms with van der Waals surface area (Å²) in [7, 11) is 0. The van der Waals surface area contributed by atoms with E-state index in [2.05, 4.69) is 5.32 Å². The number of hydrogen-bond acceptors (Lipinski definition) is 3. The highest BCUT2D eigenvalue weighted by atomic mass is 35.5. The number of benzene rings is 1. The molecule has 1 unspecified atom stereocenters. The van der Waals surface area contributed by atoms with Gasteiger partial charge in [-0.05, 0) is 29.9 Å². The first-order chi connectivity index (χ1) is 9.43. The molecule has 0 aliphatic carbocycles. The van der Waals surface area contributed by atoms with Gasteiger partial charge < -0.3 is 10.4 Å². The van der Waals surface area contributed by atoms with E-state index < -0.39 is 23.2 Å². The number of halogens is 2. The van der Waals surface area contributed by atoms with Crippen LogP contribution in [0.25, 0.3) is 0 Å². The fraction of sp³-hybridized carbons (Fsp3) is 0.385. The fourth-order valence-corrected chi connectivity index (χ4v) is 3.47. The van der Waals surface area contributed by atoms with Gasteiger partial charge in [-0.15, -0.1) is 0 Å². The predicted molar refractivity (Wildman–Crippen MR) is 75.6 cm³/mol. The molecule has 2 N–H and O–H groups in total. The van der Waals surface area contributed by atoms with Crippen LogP contribution in [-0.4, -0.2) is 34.0 Å². The SMILES string of the molecule is O=C(Cc1ccc(Cl)c(F)c1)NC1(C(=O)O)CCSC1. The second-order valence-electron chi connectivity index (χ2n) is 4.66. The van der Waals surface area contributed by atoms with Crippen molar-refractivity contribution in [1.29, 1.82) is 0 Å². The molecule has 1 aromatic carbocycles. The number of rotatable bonds is 4. The molecule has 4 nitrogen and oxygen atoms in total. The van der Waals surface area contributed by atoms with Crippen LogP contribution in [0.15, 0.2) is 18.2 Å². The molecule has 0 spiro atoms. The summed E-state index contributed by atoms with van der Waals surface area (Å²) in [6.07, 6.45) is 0.321. The van der Waals surface area contributed by atoms with Gasteiger partial charge >= 0.3 is 5.97 Å². The van der Waals surface area contributed by atoms with Gasteiger partial charge in [-0.25, -0.2) is 9.18 Å². The Kier molecular flexibility index (Phi) is 4.55. The summed E-state index contributed by atoms with van der Waals surface area (Å²) in [5.74, 6) is -1.01. The maximum absolute atomic E-state index is 13.3. The molecule has 1 heterocycles. The van der Waals surface area contributed by atoms with Gasteiger partial charge in [0.2, 0.25) is 5.91 Å². The van der Waals surface area contributed by atoms with E-state index in [1.807, 2.05) is 0 Å². The molecule has 1 aromatic rings. The van der Waals surface area contributed by atoms with Crippen molar-refractivity contribution in [3.8, 4) is 0 Å². The van der Waals surface area contributed by atoms with Crippen LogP contribution in [0, 0.1) is 5.82 Å². The van der Waals surface area contributed by atoms with Crippen LogP contribution in [0.2, 0.25) is 5.02 Å². The molecule has 1 saturated heterocycles. The summed E-state index contributed by atoms with van der Waals surface area (Å²) in [5.41, 5.74) is -0.747. The van der Waals surface area contributed by atoms with Crippen LogP contribution in [0.4, 0.5) is 4.39 Å². The number of carbonyl (C=O) groups is 2. The smallest absolute Gasteiger partial charge is 0.330 e. The highest BCUT2D eigenvalue weighted by Crippen LogP contribution is 2.28. The molecule has 0 radical (unpaired) electrons. The maximum atomic E-state index is 13.3. The van der Waals surface area contributed by atoms with Crippen molar-refractivity contribution in [1.82, 2.24) is 5.32 Å². The van der Waals surface area contributed by atoms with E-state index >= 15 is 0 Å². The van der Waals surface area contributed by atoms with Gasteiger partial charge in [-0.1, -0.05) is 17.7 Å². The minimum atomic E-state index is -1.20. The highest BCUT2D eigenvalue weighted by Gasteiger charge is 2.43. The van der Waals surface area contributed by atoms with E-state index in [1.165, 1.54) is 23.9 Å². The predicted octanol–water partition coefficient (Wildman–Crippen LogP) is 2.10. The van der Waals surface area contributed by atoms with Crippen LogP contribution in [-0.2, 0) is 16.0 Å². The number of nitrogens with one attached hydrogen (secondary N) is 1. The van der Waals surface area contributed by atoms with Gasteiger partial charge in [0.05, 0.1) is 11.4 Å². The van der Waals surface area contributed by atoms with E-state index in [9.17, 15) is 19.1 Å². The molecule has 1 aliphatic rings. The largest absolute Gasteiger partial charge is 0.479 e. The second-order valence-corrected chi connectivity index (χ2v) is 6.18.